The molecule has 0 radical (unpaired) electrons. The number of nitrogens with one attached hydrogen (secondary N) is 1. The van der Waals surface area contributed by atoms with Gasteiger partial charge < -0.3 is 24.6 Å². The van der Waals surface area contributed by atoms with E-state index in [0.717, 1.165) is 0 Å². The molecule has 2 rings (SSSR count). The second-order valence-electron chi connectivity index (χ2n) is 5.95. The van der Waals surface area contributed by atoms with Gasteiger partial charge >= 0.3 is 0 Å². The molecule has 1 aromatic carbocycles. The molecule has 6 nitrogen and oxygen atoms in total. The Hall–Kier alpha value is -2.05. The summed E-state index contributed by atoms with van der Waals surface area (Å²) in [6, 6.07) is 4.55. The van der Waals surface area contributed by atoms with Crippen LogP contribution in [-0.2, 0) is 9.47 Å². The van der Waals surface area contributed by atoms with Gasteiger partial charge in [0.1, 0.15) is 0 Å². The number of hydrogen-bond donors (Lipinski definition) is 2. The Kier molecular flexibility index (Phi) is 6.63. The number of para-hydroxylation sites is 1. The van der Waals surface area contributed by atoms with Gasteiger partial charge in [0.2, 0.25) is 0 Å². The molecule has 6 heteroatoms. The van der Waals surface area contributed by atoms with Gasteiger partial charge in [-0.3, -0.25) is 4.79 Å². The molecule has 1 saturated heterocycles. The molecule has 1 aromatic rings. The Morgan fingerprint density at radius 1 is 1.46 bits per heavy atom. The minimum absolute atomic E-state index is 0.119. The van der Waals surface area contributed by atoms with Crippen molar-refractivity contribution in [2.75, 3.05) is 26.9 Å². The lowest BCUT2D eigenvalue weighted by atomic mass is 10.1. The van der Waals surface area contributed by atoms with E-state index in [9.17, 15) is 9.90 Å². The van der Waals surface area contributed by atoms with E-state index in [1.54, 1.807) is 18.2 Å². The molecule has 0 unspecified atom stereocenters. The molecule has 2 N–H and O–H groups in total. The van der Waals surface area contributed by atoms with Gasteiger partial charge in [0.05, 0.1) is 38.0 Å². The van der Waals surface area contributed by atoms with Crippen LogP contribution < -0.4 is 10.1 Å². The number of benzene rings is 1. The summed E-state index contributed by atoms with van der Waals surface area (Å²) in [5.74, 6) is -0.284. The smallest absolute Gasteiger partial charge is 0.255 e. The van der Waals surface area contributed by atoms with Crippen LogP contribution in [0.3, 0.4) is 0 Å². The number of rotatable bonds is 6. The zero-order valence-corrected chi connectivity index (χ0v) is 14.4. The van der Waals surface area contributed by atoms with Gasteiger partial charge in [-0.1, -0.05) is 17.7 Å². The van der Waals surface area contributed by atoms with Crippen molar-refractivity contribution in [2.45, 2.75) is 32.4 Å². The highest BCUT2D eigenvalue weighted by atomic mass is 16.5. The predicted octanol–water partition coefficient (Wildman–Crippen LogP) is 2.27. The molecule has 0 bridgehead atoms. The molecule has 0 spiro atoms. The highest BCUT2D eigenvalue weighted by Crippen LogP contribution is 2.29. The fourth-order valence-corrected chi connectivity index (χ4v) is 2.51. The van der Waals surface area contributed by atoms with Crippen LogP contribution in [0.5, 0.6) is 11.5 Å². The first-order valence-electron chi connectivity index (χ1n) is 8.02. The lowest BCUT2D eigenvalue weighted by Gasteiger charge is -2.32. The number of phenols is 1. The molecule has 1 amide bonds. The number of methoxy groups -OCH3 is 1. The van der Waals surface area contributed by atoms with Crippen molar-refractivity contribution >= 4 is 5.91 Å². The van der Waals surface area contributed by atoms with Gasteiger partial charge in [-0.2, -0.15) is 0 Å². The van der Waals surface area contributed by atoms with Gasteiger partial charge in [-0.05, 0) is 32.4 Å². The number of phenolic OH excluding ortho intramolecular Hbond substituents is 1. The van der Waals surface area contributed by atoms with E-state index in [1.165, 1.54) is 12.7 Å². The summed E-state index contributed by atoms with van der Waals surface area (Å²) in [5.41, 5.74) is 1.35. The Morgan fingerprint density at radius 3 is 2.96 bits per heavy atom. The van der Waals surface area contributed by atoms with Crippen molar-refractivity contribution in [1.29, 1.82) is 0 Å². The number of allylic oxidation sites excluding steroid dienone is 1. The van der Waals surface area contributed by atoms with Crippen LogP contribution in [-0.4, -0.2) is 50.1 Å². The Bertz CT molecular complexity index is 595. The maximum Gasteiger partial charge on any atom is 0.255 e. The van der Waals surface area contributed by atoms with Gasteiger partial charge in [0, 0.05) is 6.61 Å². The Labute approximate surface area is 142 Å². The molecule has 132 valence electrons. The molecule has 24 heavy (non-hydrogen) atoms. The average molecular weight is 335 g/mol. The van der Waals surface area contributed by atoms with E-state index < -0.39 is 0 Å². The fraction of sp³-hybridized carbons (Fsp3) is 0.500. The quantitative estimate of drug-likeness (QED) is 0.780. The number of carbonyl (C=O) groups is 1. The van der Waals surface area contributed by atoms with Crippen LogP contribution in [0.15, 0.2) is 29.8 Å². The van der Waals surface area contributed by atoms with Crippen LogP contribution in [0.4, 0.5) is 0 Å². The molecule has 1 aliphatic rings. The Morgan fingerprint density at radius 2 is 2.25 bits per heavy atom. The third-order valence-corrected chi connectivity index (χ3v) is 3.87. The van der Waals surface area contributed by atoms with E-state index in [2.05, 4.69) is 5.32 Å². The highest BCUT2D eigenvalue weighted by Gasteiger charge is 2.29. The second-order valence-corrected chi connectivity index (χ2v) is 5.95. The van der Waals surface area contributed by atoms with Crippen molar-refractivity contribution in [3.05, 3.63) is 35.4 Å². The minimum Gasteiger partial charge on any atom is -0.504 e. The number of carbonyl (C=O) groups excluding carboxylic acids is 1. The van der Waals surface area contributed by atoms with Crippen LogP contribution in [0.25, 0.3) is 0 Å². The maximum absolute atomic E-state index is 12.5. The number of hydrogen-bond acceptors (Lipinski definition) is 5. The van der Waals surface area contributed by atoms with Crippen LogP contribution in [0.2, 0.25) is 0 Å². The number of aromatic hydroxyl groups is 1. The average Bonchev–Trinajstić information content (AvgIpc) is 2.56. The van der Waals surface area contributed by atoms with Gasteiger partial charge in [0.15, 0.2) is 11.5 Å². The monoisotopic (exact) mass is 335 g/mol. The molecule has 0 saturated carbocycles. The lowest BCUT2D eigenvalue weighted by Crippen LogP contribution is -2.50. The van der Waals surface area contributed by atoms with E-state index in [1.807, 2.05) is 19.9 Å². The summed E-state index contributed by atoms with van der Waals surface area (Å²) < 4.78 is 16.4. The largest absolute Gasteiger partial charge is 0.504 e. The van der Waals surface area contributed by atoms with E-state index >= 15 is 0 Å². The molecule has 1 fully saturated rings. The third kappa shape index (κ3) is 4.72. The van der Waals surface area contributed by atoms with Crippen molar-refractivity contribution in [1.82, 2.24) is 5.32 Å². The zero-order valence-electron chi connectivity index (χ0n) is 14.4. The normalized spacial score (nSPS) is 20.3. The first-order chi connectivity index (χ1) is 11.5. The molecule has 0 aromatic heterocycles. The van der Waals surface area contributed by atoms with E-state index in [0.29, 0.717) is 26.2 Å². The summed E-state index contributed by atoms with van der Waals surface area (Å²) in [7, 11) is 1.44. The number of ether oxygens (including phenoxy) is 3. The first kappa shape index (κ1) is 18.3. The zero-order chi connectivity index (χ0) is 17.5. The maximum atomic E-state index is 12.5. The highest BCUT2D eigenvalue weighted by molar-refractivity contribution is 5.97. The molecule has 1 heterocycles. The summed E-state index contributed by atoms with van der Waals surface area (Å²) in [5, 5.41) is 13.0. The van der Waals surface area contributed by atoms with Crippen molar-refractivity contribution in [2.24, 2.45) is 0 Å². The van der Waals surface area contributed by atoms with E-state index in [-0.39, 0.29) is 35.1 Å². The SMILES string of the molecule is COc1cccc(C(=O)N[C@@H]2COCC[C@@H]2OCC=C(C)C)c1O. The fourth-order valence-electron chi connectivity index (χ4n) is 2.51. The van der Waals surface area contributed by atoms with Crippen molar-refractivity contribution in [3.8, 4) is 11.5 Å². The molecule has 0 aliphatic carbocycles. The van der Waals surface area contributed by atoms with Crippen molar-refractivity contribution in [3.63, 3.8) is 0 Å². The summed E-state index contributed by atoms with van der Waals surface area (Å²) in [6.07, 6.45) is 2.60. The lowest BCUT2D eigenvalue weighted by molar-refractivity contribution is -0.0457. The topological polar surface area (TPSA) is 77.0 Å². The number of amides is 1. The standard InChI is InChI=1S/C18H25NO5/c1-12(2)7-10-24-15-8-9-23-11-14(15)19-18(21)13-5-4-6-16(22-3)17(13)20/h4-7,14-15,20H,8-11H2,1-3H3,(H,19,21)/t14-,15+/m1/s1. The predicted molar refractivity (Wildman–Crippen MR) is 90.5 cm³/mol. The van der Waals surface area contributed by atoms with Crippen LogP contribution in [0.1, 0.15) is 30.6 Å². The van der Waals surface area contributed by atoms with E-state index in [4.69, 9.17) is 14.2 Å². The first-order valence-corrected chi connectivity index (χ1v) is 8.02. The molecule has 1 aliphatic heterocycles. The molecule has 2 atom stereocenters. The minimum atomic E-state index is -0.377. The third-order valence-electron chi connectivity index (χ3n) is 3.87. The summed E-state index contributed by atoms with van der Waals surface area (Å²) in [6.45, 7) is 5.52. The van der Waals surface area contributed by atoms with Crippen molar-refractivity contribution < 1.29 is 24.1 Å². The second kappa shape index (κ2) is 8.70. The van der Waals surface area contributed by atoms with Crippen LogP contribution >= 0.6 is 0 Å². The molecular weight excluding hydrogens is 310 g/mol. The van der Waals surface area contributed by atoms with Gasteiger partial charge in [-0.25, -0.2) is 0 Å². The van der Waals surface area contributed by atoms with Gasteiger partial charge in [0.25, 0.3) is 5.91 Å². The molecular formula is C18H25NO5. The van der Waals surface area contributed by atoms with Crippen LogP contribution in [0, 0.1) is 0 Å². The van der Waals surface area contributed by atoms with Gasteiger partial charge in [-0.15, -0.1) is 0 Å². The Balaban J connectivity index is 2.04. The summed E-state index contributed by atoms with van der Waals surface area (Å²) >= 11 is 0. The summed E-state index contributed by atoms with van der Waals surface area (Å²) in [4.78, 5) is 12.5.